The molecule has 3 heterocycles. The standard InChI is InChI=1S/C20H23N7/c1-15-4-5-17(14-16(15)2)24-19-21-9-6-18(25-19)26-10-12-27(13-11-26)20-22-7-3-8-23-20/h3-9,14H,10-13H2,1-2H3,(H,21,24,25). The van der Waals surface area contributed by atoms with Gasteiger partial charge in [0.2, 0.25) is 11.9 Å². The summed E-state index contributed by atoms with van der Waals surface area (Å²) in [6.07, 6.45) is 5.37. The molecule has 1 saturated heterocycles. The first-order valence-corrected chi connectivity index (χ1v) is 9.13. The van der Waals surface area contributed by atoms with E-state index in [9.17, 15) is 0 Å². The van der Waals surface area contributed by atoms with E-state index < -0.39 is 0 Å². The fourth-order valence-electron chi connectivity index (χ4n) is 3.12. The summed E-state index contributed by atoms with van der Waals surface area (Å²) in [6.45, 7) is 7.70. The molecule has 1 aromatic carbocycles. The minimum atomic E-state index is 0.615. The second-order valence-electron chi connectivity index (χ2n) is 6.69. The quantitative estimate of drug-likeness (QED) is 0.766. The molecule has 0 spiro atoms. The SMILES string of the molecule is Cc1ccc(Nc2nccc(N3CCN(c4ncccn4)CC3)n2)cc1C. The van der Waals surface area contributed by atoms with E-state index in [1.807, 2.05) is 12.1 Å². The third-order valence-corrected chi connectivity index (χ3v) is 4.84. The van der Waals surface area contributed by atoms with Gasteiger partial charge in [-0.3, -0.25) is 0 Å². The lowest BCUT2D eigenvalue weighted by Gasteiger charge is -2.35. The van der Waals surface area contributed by atoms with Crippen molar-refractivity contribution in [3.63, 3.8) is 0 Å². The molecule has 3 aromatic rings. The molecule has 0 atom stereocenters. The van der Waals surface area contributed by atoms with Gasteiger partial charge in [0.05, 0.1) is 0 Å². The number of aromatic nitrogens is 4. The fraction of sp³-hybridized carbons (Fsp3) is 0.300. The van der Waals surface area contributed by atoms with E-state index in [-0.39, 0.29) is 0 Å². The molecule has 2 aromatic heterocycles. The maximum Gasteiger partial charge on any atom is 0.229 e. The van der Waals surface area contributed by atoms with Gasteiger partial charge in [0.1, 0.15) is 5.82 Å². The van der Waals surface area contributed by atoms with Crippen LogP contribution >= 0.6 is 0 Å². The highest BCUT2D eigenvalue weighted by Crippen LogP contribution is 2.20. The highest BCUT2D eigenvalue weighted by molar-refractivity contribution is 5.57. The van der Waals surface area contributed by atoms with E-state index in [0.717, 1.165) is 43.6 Å². The maximum absolute atomic E-state index is 4.70. The van der Waals surface area contributed by atoms with Gasteiger partial charge in [-0.05, 0) is 49.2 Å². The summed E-state index contributed by atoms with van der Waals surface area (Å²) in [5.41, 5.74) is 3.52. The number of hydrogen-bond acceptors (Lipinski definition) is 7. The van der Waals surface area contributed by atoms with Gasteiger partial charge in [-0.1, -0.05) is 6.07 Å². The van der Waals surface area contributed by atoms with Crippen LogP contribution in [0.1, 0.15) is 11.1 Å². The van der Waals surface area contributed by atoms with Crippen LogP contribution in [0, 0.1) is 13.8 Å². The van der Waals surface area contributed by atoms with Crippen molar-refractivity contribution in [3.05, 3.63) is 60.0 Å². The zero-order valence-corrected chi connectivity index (χ0v) is 15.6. The minimum absolute atomic E-state index is 0.615. The molecule has 1 aliphatic rings. The maximum atomic E-state index is 4.70. The number of hydrogen-bond donors (Lipinski definition) is 1. The van der Waals surface area contributed by atoms with Crippen molar-refractivity contribution in [2.45, 2.75) is 13.8 Å². The summed E-state index contributed by atoms with van der Waals surface area (Å²) in [5.74, 6) is 2.34. The van der Waals surface area contributed by atoms with Crippen LogP contribution in [-0.4, -0.2) is 46.1 Å². The molecule has 4 rings (SSSR count). The zero-order valence-electron chi connectivity index (χ0n) is 15.6. The number of anilines is 4. The van der Waals surface area contributed by atoms with Crippen molar-refractivity contribution in [2.75, 3.05) is 41.3 Å². The molecule has 0 amide bonds. The number of piperazine rings is 1. The van der Waals surface area contributed by atoms with Gasteiger partial charge in [0.15, 0.2) is 0 Å². The predicted molar refractivity (Wildman–Crippen MR) is 108 cm³/mol. The third-order valence-electron chi connectivity index (χ3n) is 4.84. The van der Waals surface area contributed by atoms with Crippen LogP contribution in [0.5, 0.6) is 0 Å². The van der Waals surface area contributed by atoms with E-state index in [2.05, 4.69) is 62.1 Å². The van der Waals surface area contributed by atoms with Crippen molar-refractivity contribution in [3.8, 4) is 0 Å². The lowest BCUT2D eigenvalue weighted by molar-refractivity contribution is 0.634. The Hall–Kier alpha value is -3.22. The average molecular weight is 361 g/mol. The molecule has 1 fully saturated rings. The third kappa shape index (κ3) is 3.97. The fourth-order valence-corrected chi connectivity index (χ4v) is 3.12. The molecule has 0 bridgehead atoms. The summed E-state index contributed by atoms with van der Waals surface area (Å²) >= 11 is 0. The lowest BCUT2D eigenvalue weighted by atomic mass is 10.1. The topological polar surface area (TPSA) is 70.1 Å². The highest BCUT2D eigenvalue weighted by Gasteiger charge is 2.20. The van der Waals surface area contributed by atoms with Gasteiger partial charge >= 0.3 is 0 Å². The first-order chi connectivity index (χ1) is 13.2. The number of aryl methyl sites for hydroxylation is 2. The average Bonchev–Trinajstić information content (AvgIpc) is 2.72. The number of nitrogens with one attached hydrogen (secondary N) is 1. The molecule has 0 unspecified atom stereocenters. The van der Waals surface area contributed by atoms with Gasteiger partial charge < -0.3 is 15.1 Å². The van der Waals surface area contributed by atoms with E-state index in [0.29, 0.717) is 5.95 Å². The summed E-state index contributed by atoms with van der Waals surface area (Å²) in [4.78, 5) is 22.2. The normalized spacial score (nSPS) is 14.3. The molecule has 1 N–H and O–H groups in total. The molecular weight excluding hydrogens is 338 g/mol. The Bertz CT molecular complexity index is 905. The molecule has 1 aliphatic heterocycles. The van der Waals surface area contributed by atoms with Crippen LogP contribution in [0.15, 0.2) is 48.9 Å². The van der Waals surface area contributed by atoms with Crippen molar-refractivity contribution >= 4 is 23.4 Å². The van der Waals surface area contributed by atoms with Crippen molar-refractivity contribution in [2.24, 2.45) is 0 Å². The summed E-state index contributed by atoms with van der Waals surface area (Å²) in [6, 6.07) is 10.1. The molecule has 0 aliphatic carbocycles. The van der Waals surface area contributed by atoms with E-state index >= 15 is 0 Å². The molecular formula is C20H23N7. The van der Waals surface area contributed by atoms with Crippen LogP contribution in [0.4, 0.5) is 23.4 Å². The Labute approximate surface area is 159 Å². The Morgan fingerprint density at radius 3 is 2.30 bits per heavy atom. The smallest absolute Gasteiger partial charge is 0.229 e. The monoisotopic (exact) mass is 361 g/mol. The number of benzene rings is 1. The summed E-state index contributed by atoms with van der Waals surface area (Å²) in [7, 11) is 0. The first-order valence-electron chi connectivity index (χ1n) is 9.13. The Morgan fingerprint density at radius 2 is 1.56 bits per heavy atom. The minimum Gasteiger partial charge on any atom is -0.353 e. The van der Waals surface area contributed by atoms with Crippen molar-refractivity contribution in [1.82, 2.24) is 19.9 Å². The van der Waals surface area contributed by atoms with Crippen LogP contribution in [0.2, 0.25) is 0 Å². The van der Waals surface area contributed by atoms with Gasteiger partial charge in [0, 0.05) is 50.5 Å². The molecule has 27 heavy (non-hydrogen) atoms. The Kier molecular flexibility index (Phi) is 4.82. The molecule has 7 heteroatoms. The Balaban J connectivity index is 1.43. The van der Waals surface area contributed by atoms with Crippen molar-refractivity contribution < 1.29 is 0 Å². The largest absolute Gasteiger partial charge is 0.353 e. The van der Waals surface area contributed by atoms with Gasteiger partial charge in [-0.2, -0.15) is 4.98 Å². The van der Waals surface area contributed by atoms with E-state index in [4.69, 9.17) is 4.98 Å². The molecule has 0 radical (unpaired) electrons. The van der Waals surface area contributed by atoms with Crippen LogP contribution in [0.25, 0.3) is 0 Å². The molecule has 0 saturated carbocycles. The predicted octanol–water partition coefficient (Wildman–Crippen LogP) is 2.95. The number of rotatable bonds is 4. The highest BCUT2D eigenvalue weighted by atomic mass is 15.3. The summed E-state index contributed by atoms with van der Waals surface area (Å²) in [5, 5.41) is 3.31. The first kappa shape index (κ1) is 17.2. The lowest BCUT2D eigenvalue weighted by Crippen LogP contribution is -2.47. The van der Waals surface area contributed by atoms with Crippen LogP contribution in [0.3, 0.4) is 0 Å². The number of nitrogens with zero attached hydrogens (tertiary/aromatic N) is 6. The van der Waals surface area contributed by atoms with E-state index in [1.54, 1.807) is 18.6 Å². The van der Waals surface area contributed by atoms with Gasteiger partial charge in [-0.25, -0.2) is 15.0 Å². The van der Waals surface area contributed by atoms with Gasteiger partial charge in [-0.15, -0.1) is 0 Å². The molecule has 7 nitrogen and oxygen atoms in total. The Morgan fingerprint density at radius 1 is 0.815 bits per heavy atom. The molecule has 138 valence electrons. The summed E-state index contributed by atoms with van der Waals surface area (Å²) < 4.78 is 0. The van der Waals surface area contributed by atoms with Crippen LogP contribution in [-0.2, 0) is 0 Å². The second-order valence-corrected chi connectivity index (χ2v) is 6.69. The van der Waals surface area contributed by atoms with Gasteiger partial charge in [0.25, 0.3) is 0 Å². The van der Waals surface area contributed by atoms with Crippen LogP contribution < -0.4 is 15.1 Å². The van der Waals surface area contributed by atoms with Crippen molar-refractivity contribution in [1.29, 1.82) is 0 Å². The zero-order chi connectivity index (χ0) is 18.6. The second kappa shape index (κ2) is 7.57. The van der Waals surface area contributed by atoms with E-state index in [1.165, 1.54) is 11.1 Å².